The summed E-state index contributed by atoms with van der Waals surface area (Å²) in [7, 11) is 2.01. The first-order chi connectivity index (χ1) is 10.1. The highest BCUT2D eigenvalue weighted by atomic mass is 16.1. The number of nitrogens with two attached hydrogens (primary N) is 1. The molecule has 0 radical (unpaired) electrons. The third kappa shape index (κ3) is 9.06. The number of carbonyl (C=O) groups is 1. The Kier molecular flexibility index (Phi) is 12.6. The van der Waals surface area contributed by atoms with Crippen LogP contribution in [0.25, 0.3) is 0 Å². The van der Waals surface area contributed by atoms with Gasteiger partial charge in [0.05, 0.1) is 0 Å². The van der Waals surface area contributed by atoms with Gasteiger partial charge in [-0.2, -0.15) is 0 Å². The minimum Gasteiger partial charge on any atom is -0.355 e. The molecule has 0 heterocycles. The van der Waals surface area contributed by atoms with Gasteiger partial charge in [0.2, 0.25) is 5.91 Å². The van der Waals surface area contributed by atoms with E-state index in [4.69, 9.17) is 5.73 Å². The second-order valence-electron chi connectivity index (χ2n) is 5.56. The quantitative estimate of drug-likeness (QED) is 0.669. The Morgan fingerprint density at radius 2 is 1.71 bits per heavy atom. The maximum absolute atomic E-state index is 12.0. The van der Waals surface area contributed by atoms with Crippen LogP contribution in [-0.2, 0) is 4.79 Å². The first kappa shape index (κ1) is 20.3. The second-order valence-corrected chi connectivity index (χ2v) is 5.56. The molecule has 1 aliphatic carbocycles. The summed E-state index contributed by atoms with van der Waals surface area (Å²) in [6.45, 7) is 10.8. The topological polar surface area (TPSA) is 70.4 Å². The van der Waals surface area contributed by atoms with Gasteiger partial charge in [-0.15, -0.1) is 0 Å². The summed E-state index contributed by atoms with van der Waals surface area (Å²) in [5.74, 6) is 0.503. The van der Waals surface area contributed by atoms with Crippen molar-refractivity contribution >= 4 is 5.91 Å². The van der Waals surface area contributed by atoms with E-state index in [1.165, 1.54) is 0 Å². The second kappa shape index (κ2) is 13.0. The van der Waals surface area contributed by atoms with E-state index >= 15 is 0 Å². The predicted octanol–water partition coefficient (Wildman–Crippen LogP) is 1.68. The Balaban J connectivity index is -0.000000740. The average Bonchev–Trinajstić information content (AvgIpc) is 2.52. The van der Waals surface area contributed by atoms with Gasteiger partial charge in [-0.05, 0) is 52.4 Å². The molecule has 0 atom stereocenters. The summed E-state index contributed by atoms with van der Waals surface area (Å²) < 4.78 is 0. The van der Waals surface area contributed by atoms with Crippen LogP contribution in [0.1, 0.15) is 49.3 Å². The fourth-order valence-corrected chi connectivity index (χ4v) is 2.67. The van der Waals surface area contributed by atoms with E-state index in [2.05, 4.69) is 29.4 Å². The number of rotatable bonds is 7. The normalized spacial score (nSPS) is 21.6. The van der Waals surface area contributed by atoms with Gasteiger partial charge in [0.1, 0.15) is 0 Å². The van der Waals surface area contributed by atoms with Gasteiger partial charge in [0, 0.05) is 27.9 Å². The summed E-state index contributed by atoms with van der Waals surface area (Å²) in [5.41, 5.74) is 4.85. The van der Waals surface area contributed by atoms with Crippen molar-refractivity contribution in [2.24, 2.45) is 11.7 Å². The van der Waals surface area contributed by atoms with Crippen LogP contribution < -0.4 is 16.4 Å². The highest BCUT2D eigenvalue weighted by Crippen LogP contribution is 2.24. The zero-order valence-corrected chi connectivity index (χ0v) is 14.5. The van der Waals surface area contributed by atoms with Gasteiger partial charge >= 0.3 is 0 Å². The van der Waals surface area contributed by atoms with Crippen molar-refractivity contribution in [3.63, 3.8) is 0 Å². The molecule has 4 N–H and O–H groups in total. The average molecular weight is 305 g/mol. The molecule has 0 aliphatic heterocycles. The number of hydrogen-bond acceptors (Lipinski definition) is 4. The monoisotopic (exact) mass is 304 g/mol. The van der Waals surface area contributed by atoms with E-state index in [9.17, 15) is 4.79 Å². The third-order valence-electron chi connectivity index (χ3n) is 4.13. The Bertz CT molecular complexity index is 258. The summed E-state index contributed by atoms with van der Waals surface area (Å²) in [6.07, 6.45) is 4.32. The van der Waals surface area contributed by atoms with Crippen molar-refractivity contribution in [2.75, 3.05) is 39.8 Å². The molecule has 5 nitrogen and oxygen atoms in total. The van der Waals surface area contributed by atoms with E-state index < -0.39 is 0 Å². The first-order valence-electron chi connectivity index (χ1n) is 8.50. The zero-order valence-electron chi connectivity index (χ0n) is 14.5. The predicted molar refractivity (Wildman–Crippen MR) is 94.6 cm³/mol. The van der Waals surface area contributed by atoms with E-state index in [0.717, 1.165) is 58.4 Å². The fourth-order valence-electron chi connectivity index (χ4n) is 2.67. The summed E-state index contributed by atoms with van der Waals surface area (Å²) >= 11 is 0. The number of nitrogens with zero attached hydrogens (tertiary/aromatic N) is 1. The van der Waals surface area contributed by atoms with Crippen LogP contribution in [0.5, 0.6) is 0 Å². The van der Waals surface area contributed by atoms with Gasteiger partial charge in [-0.25, -0.2) is 0 Å². The van der Waals surface area contributed by atoms with Crippen molar-refractivity contribution in [3.8, 4) is 0 Å². The molecular weight excluding hydrogens is 264 g/mol. The molecule has 0 aromatic carbocycles. The summed E-state index contributed by atoms with van der Waals surface area (Å²) in [4.78, 5) is 14.3. The van der Waals surface area contributed by atoms with Gasteiger partial charge in [-0.3, -0.25) is 4.79 Å². The first-order valence-corrected chi connectivity index (χ1v) is 8.50. The largest absolute Gasteiger partial charge is 0.355 e. The number of amides is 1. The van der Waals surface area contributed by atoms with Crippen LogP contribution in [0.3, 0.4) is 0 Å². The van der Waals surface area contributed by atoms with Crippen LogP contribution >= 0.6 is 0 Å². The lowest BCUT2D eigenvalue weighted by Crippen LogP contribution is -2.40. The Morgan fingerprint density at radius 1 is 1.19 bits per heavy atom. The lowest BCUT2D eigenvalue weighted by atomic mass is 9.85. The van der Waals surface area contributed by atoms with E-state index in [1.54, 1.807) is 0 Å². The number of nitrogens with one attached hydrogen (secondary N) is 2. The molecule has 0 saturated heterocycles. The molecule has 130 valence electrons. The van der Waals surface area contributed by atoms with Crippen molar-refractivity contribution < 1.29 is 7.65 Å². The van der Waals surface area contributed by atoms with Crippen LogP contribution in [0.15, 0.2) is 0 Å². The molecule has 1 fully saturated rings. The van der Waals surface area contributed by atoms with E-state index in [1.807, 2.05) is 14.0 Å². The highest BCUT2D eigenvalue weighted by Gasteiger charge is 2.25. The van der Waals surface area contributed by atoms with E-state index in [0.29, 0.717) is 6.04 Å². The van der Waals surface area contributed by atoms with Crippen molar-refractivity contribution in [2.45, 2.75) is 52.5 Å². The molecule has 21 heavy (non-hydrogen) atoms. The van der Waals surface area contributed by atoms with Gasteiger partial charge < -0.3 is 21.3 Å². The summed E-state index contributed by atoms with van der Waals surface area (Å²) in [6, 6.07) is 0.615. The maximum Gasteiger partial charge on any atom is 0.223 e. The summed E-state index contributed by atoms with van der Waals surface area (Å²) in [5, 5.41) is 6.38. The standard InChI is InChI=1S/C14H29N3O.C2H7N.2H2/c1-4-17(5-2)11-10-16-14(18)12-6-8-13(15-3)9-7-12;1-2-3;;/h12-13,15H,4-11H2,1-3H3,(H,16,18);2-3H2,1H3;2*1H. The minimum atomic E-state index is 0. The zero-order chi connectivity index (χ0) is 16.1. The Labute approximate surface area is 134 Å². The lowest BCUT2D eigenvalue weighted by Gasteiger charge is -2.27. The molecule has 0 aromatic rings. The third-order valence-corrected chi connectivity index (χ3v) is 4.13. The molecule has 0 unspecified atom stereocenters. The van der Waals surface area contributed by atoms with E-state index in [-0.39, 0.29) is 14.7 Å². The number of hydrogen-bond donors (Lipinski definition) is 3. The molecule has 1 aliphatic rings. The molecule has 0 aromatic heterocycles. The molecule has 1 saturated carbocycles. The van der Waals surface area contributed by atoms with Crippen molar-refractivity contribution in [1.29, 1.82) is 0 Å². The Hall–Kier alpha value is -0.650. The van der Waals surface area contributed by atoms with Crippen LogP contribution in [0.2, 0.25) is 0 Å². The molecule has 5 heteroatoms. The molecular formula is C16H40N4O. The smallest absolute Gasteiger partial charge is 0.223 e. The highest BCUT2D eigenvalue weighted by molar-refractivity contribution is 5.78. The maximum atomic E-state index is 12.0. The lowest BCUT2D eigenvalue weighted by molar-refractivity contribution is -0.126. The van der Waals surface area contributed by atoms with Gasteiger partial charge in [0.15, 0.2) is 0 Å². The van der Waals surface area contributed by atoms with Crippen molar-refractivity contribution in [3.05, 3.63) is 0 Å². The molecule has 1 rings (SSSR count). The SMILES string of the molecule is CCN.CCN(CC)CCNC(=O)C1CCC(NC)CC1.[HH].[HH]. The van der Waals surface area contributed by atoms with Crippen LogP contribution in [-0.4, -0.2) is 56.6 Å². The van der Waals surface area contributed by atoms with Crippen LogP contribution in [0.4, 0.5) is 0 Å². The molecule has 0 bridgehead atoms. The number of carbonyl (C=O) groups excluding carboxylic acids is 1. The Morgan fingerprint density at radius 3 is 2.14 bits per heavy atom. The van der Waals surface area contributed by atoms with Crippen LogP contribution in [0, 0.1) is 5.92 Å². The number of likely N-dealkylation sites (N-methyl/N-ethyl adjacent to an activating group) is 1. The van der Waals surface area contributed by atoms with Gasteiger partial charge in [0.25, 0.3) is 0 Å². The molecule has 0 spiro atoms. The fraction of sp³-hybridized carbons (Fsp3) is 0.938. The van der Waals surface area contributed by atoms with Gasteiger partial charge in [-0.1, -0.05) is 20.8 Å². The molecule has 1 amide bonds. The minimum absolute atomic E-state index is 0. The van der Waals surface area contributed by atoms with Crippen molar-refractivity contribution in [1.82, 2.24) is 15.5 Å².